The molecule has 17 heteroatoms. The van der Waals surface area contributed by atoms with Crippen LogP contribution in [0, 0.1) is 17.8 Å². The summed E-state index contributed by atoms with van der Waals surface area (Å²) in [7, 11) is 0. The Bertz CT molecular complexity index is 1190. The molecule has 5 amide bonds. The largest absolute Gasteiger partial charge is 0.481 e. The second-order valence-electron chi connectivity index (χ2n) is 13.3. The maximum absolute atomic E-state index is 13.8. The second-order valence-corrected chi connectivity index (χ2v) is 13.3. The number of carboxylic acids is 3. The van der Waals surface area contributed by atoms with E-state index in [-0.39, 0.29) is 37.6 Å². The van der Waals surface area contributed by atoms with Gasteiger partial charge in [0.15, 0.2) is 0 Å². The van der Waals surface area contributed by atoms with Crippen molar-refractivity contribution in [3.63, 3.8) is 0 Å². The molecular formula is C31H52N6O11. The summed E-state index contributed by atoms with van der Waals surface area (Å²) < 4.78 is 0. The molecule has 48 heavy (non-hydrogen) atoms. The predicted octanol–water partition coefficient (Wildman–Crippen LogP) is -0.584. The van der Waals surface area contributed by atoms with Crippen molar-refractivity contribution in [2.24, 2.45) is 23.5 Å². The van der Waals surface area contributed by atoms with Crippen LogP contribution < -0.4 is 27.0 Å². The Morgan fingerprint density at radius 3 is 1.75 bits per heavy atom. The van der Waals surface area contributed by atoms with Gasteiger partial charge in [0, 0.05) is 13.0 Å². The normalized spacial score (nSPS) is 17.6. The number of hydrogen-bond donors (Lipinski definition) is 8. The van der Waals surface area contributed by atoms with E-state index in [0.717, 1.165) is 0 Å². The van der Waals surface area contributed by atoms with Crippen LogP contribution in [0.4, 0.5) is 0 Å². The van der Waals surface area contributed by atoms with Gasteiger partial charge in [-0.15, -0.1) is 0 Å². The van der Waals surface area contributed by atoms with Gasteiger partial charge in [-0.25, -0.2) is 4.79 Å². The van der Waals surface area contributed by atoms with Crippen LogP contribution in [0.1, 0.15) is 86.5 Å². The zero-order valence-corrected chi connectivity index (χ0v) is 28.5. The first-order valence-corrected chi connectivity index (χ1v) is 16.2. The van der Waals surface area contributed by atoms with Crippen LogP contribution in [0.25, 0.3) is 0 Å². The van der Waals surface area contributed by atoms with Crippen molar-refractivity contribution in [3.05, 3.63) is 0 Å². The van der Waals surface area contributed by atoms with E-state index in [4.69, 9.17) is 15.9 Å². The van der Waals surface area contributed by atoms with Crippen LogP contribution in [0.2, 0.25) is 0 Å². The van der Waals surface area contributed by atoms with Crippen LogP contribution in [0.5, 0.6) is 0 Å². The van der Waals surface area contributed by atoms with Gasteiger partial charge in [0.2, 0.25) is 29.5 Å². The molecule has 0 aliphatic carbocycles. The minimum Gasteiger partial charge on any atom is -0.481 e. The number of nitrogens with one attached hydrogen (secondary N) is 4. The van der Waals surface area contributed by atoms with Crippen molar-refractivity contribution < 1.29 is 53.7 Å². The van der Waals surface area contributed by atoms with Crippen molar-refractivity contribution in [1.82, 2.24) is 26.2 Å². The molecule has 9 N–H and O–H groups in total. The topological polar surface area (TPSA) is 275 Å². The number of amides is 5. The van der Waals surface area contributed by atoms with E-state index in [0.29, 0.717) is 12.8 Å². The van der Waals surface area contributed by atoms with E-state index in [1.54, 1.807) is 27.7 Å². The number of likely N-dealkylation sites (tertiary alicyclic amines) is 1. The third-order valence-corrected chi connectivity index (χ3v) is 7.74. The first-order chi connectivity index (χ1) is 22.2. The van der Waals surface area contributed by atoms with Gasteiger partial charge in [-0.3, -0.25) is 33.6 Å². The van der Waals surface area contributed by atoms with Crippen LogP contribution in [0.3, 0.4) is 0 Å². The Labute approximate surface area is 280 Å². The molecule has 0 bridgehead atoms. The minimum atomic E-state index is -1.52. The van der Waals surface area contributed by atoms with Crippen LogP contribution >= 0.6 is 0 Å². The zero-order chi connectivity index (χ0) is 36.9. The number of hydrogen-bond acceptors (Lipinski definition) is 9. The maximum atomic E-state index is 13.8. The second kappa shape index (κ2) is 19.5. The molecule has 272 valence electrons. The van der Waals surface area contributed by atoms with Gasteiger partial charge < -0.3 is 47.2 Å². The molecule has 0 saturated carbocycles. The number of carboxylic acid groups (broad SMARTS) is 3. The molecule has 17 nitrogen and oxygen atoms in total. The first kappa shape index (κ1) is 41.7. The average Bonchev–Trinajstić information content (AvgIpc) is 3.45. The van der Waals surface area contributed by atoms with Crippen molar-refractivity contribution in [3.8, 4) is 0 Å². The summed E-state index contributed by atoms with van der Waals surface area (Å²) in [6.07, 6.45) is -0.588. The smallest absolute Gasteiger partial charge is 0.326 e. The predicted molar refractivity (Wildman–Crippen MR) is 171 cm³/mol. The van der Waals surface area contributed by atoms with E-state index >= 15 is 0 Å². The van der Waals surface area contributed by atoms with E-state index in [9.17, 15) is 43.5 Å². The summed E-state index contributed by atoms with van der Waals surface area (Å²) >= 11 is 0. The summed E-state index contributed by atoms with van der Waals surface area (Å²) in [6, 6.07) is -7.41. The van der Waals surface area contributed by atoms with Gasteiger partial charge in [0.25, 0.3) is 0 Å². The minimum absolute atomic E-state index is 0.0878. The molecular weight excluding hydrogens is 632 g/mol. The molecule has 0 unspecified atom stereocenters. The summed E-state index contributed by atoms with van der Waals surface area (Å²) in [6.45, 7) is 10.7. The van der Waals surface area contributed by atoms with Gasteiger partial charge >= 0.3 is 17.9 Å². The fourth-order valence-corrected chi connectivity index (χ4v) is 5.30. The molecule has 1 heterocycles. The lowest BCUT2D eigenvalue weighted by atomic mass is 9.99. The summed E-state index contributed by atoms with van der Waals surface area (Å²) in [5, 5.41) is 37.6. The fraction of sp³-hybridized carbons (Fsp3) is 0.742. The Morgan fingerprint density at radius 1 is 0.729 bits per heavy atom. The Hall–Kier alpha value is -4.28. The molecule has 0 radical (unpaired) electrons. The summed E-state index contributed by atoms with van der Waals surface area (Å²) in [5.41, 5.74) is 5.60. The molecule has 0 aromatic carbocycles. The maximum Gasteiger partial charge on any atom is 0.326 e. The molecule has 6 atom stereocenters. The number of aliphatic carboxylic acids is 3. The van der Waals surface area contributed by atoms with Gasteiger partial charge in [-0.2, -0.15) is 0 Å². The first-order valence-electron chi connectivity index (χ1n) is 16.2. The highest BCUT2D eigenvalue weighted by Crippen LogP contribution is 2.21. The fourth-order valence-electron chi connectivity index (χ4n) is 5.30. The molecule has 0 spiro atoms. The van der Waals surface area contributed by atoms with Crippen LogP contribution in [0.15, 0.2) is 0 Å². The molecule has 0 aromatic heterocycles. The molecule has 1 aliphatic heterocycles. The Kier molecular flexibility index (Phi) is 17.0. The standard InChI is InChI=1S/C31H52N6O11/c1-15(2)12-20(34-27(43)19(9-10-23(38)39)33-26(42)18(32)14-24(40)41)28(44)35-21(13-16(3)4)30(46)37-11-7-8-22(37)29(45)36-25(17(5)6)31(47)48/h15-22,25H,7-14,32H2,1-6H3,(H,33,42)(H,34,43)(H,35,44)(H,36,45)(H,38,39)(H,40,41)(H,47,48)/t18-,19-,20-,21-,22-,25-/m0/s1. The molecule has 0 aromatic rings. The summed E-state index contributed by atoms with van der Waals surface area (Å²) in [5.74, 6) is -8.25. The Balaban J connectivity index is 3.23. The lowest BCUT2D eigenvalue weighted by molar-refractivity contribution is -0.146. The number of nitrogens with zero attached hydrogens (tertiary/aromatic N) is 1. The lowest BCUT2D eigenvalue weighted by Gasteiger charge is -2.32. The highest BCUT2D eigenvalue weighted by molar-refractivity contribution is 5.97. The quantitative estimate of drug-likeness (QED) is 0.0800. The van der Waals surface area contributed by atoms with Crippen molar-refractivity contribution in [1.29, 1.82) is 0 Å². The van der Waals surface area contributed by atoms with Crippen molar-refractivity contribution in [2.75, 3.05) is 6.54 Å². The molecule has 1 saturated heterocycles. The number of rotatable bonds is 20. The third kappa shape index (κ3) is 13.8. The Morgan fingerprint density at radius 2 is 1.25 bits per heavy atom. The molecule has 1 aliphatic rings. The van der Waals surface area contributed by atoms with Crippen LogP contribution in [-0.2, 0) is 38.4 Å². The number of carbonyl (C=O) groups is 8. The molecule has 1 fully saturated rings. The highest BCUT2D eigenvalue weighted by Gasteiger charge is 2.40. The third-order valence-electron chi connectivity index (χ3n) is 7.74. The molecule has 1 rings (SSSR count). The van der Waals surface area contributed by atoms with Crippen molar-refractivity contribution >= 4 is 47.4 Å². The van der Waals surface area contributed by atoms with E-state index in [1.165, 1.54) is 4.90 Å². The van der Waals surface area contributed by atoms with Gasteiger partial charge in [-0.05, 0) is 49.9 Å². The van der Waals surface area contributed by atoms with E-state index < -0.39 is 102 Å². The lowest BCUT2D eigenvalue weighted by Crippen LogP contribution is -2.59. The SMILES string of the molecule is CC(C)C[C@H](NC(=O)[C@H](CCC(=O)O)NC(=O)[C@@H](N)CC(=O)O)C(=O)N[C@@H](CC(C)C)C(=O)N1CCC[C@H]1C(=O)N[C@H](C(=O)O)C(C)C. The highest BCUT2D eigenvalue weighted by atomic mass is 16.4. The van der Waals surface area contributed by atoms with Gasteiger partial charge in [0.05, 0.1) is 12.5 Å². The number of carbonyl (C=O) groups excluding carboxylic acids is 5. The monoisotopic (exact) mass is 684 g/mol. The van der Waals surface area contributed by atoms with Crippen molar-refractivity contribution in [2.45, 2.75) is 123 Å². The zero-order valence-electron chi connectivity index (χ0n) is 28.5. The van der Waals surface area contributed by atoms with Gasteiger partial charge in [0.1, 0.15) is 30.2 Å². The van der Waals surface area contributed by atoms with E-state index in [2.05, 4.69) is 21.3 Å². The van der Waals surface area contributed by atoms with Gasteiger partial charge in [-0.1, -0.05) is 41.5 Å². The number of nitrogens with two attached hydrogens (primary N) is 1. The summed E-state index contributed by atoms with van der Waals surface area (Å²) in [4.78, 5) is 102. The van der Waals surface area contributed by atoms with E-state index in [1.807, 2.05) is 13.8 Å². The average molecular weight is 685 g/mol. The van der Waals surface area contributed by atoms with Crippen LogP contribution in [-0.4, -0.2) is 110 Å².